The van der Waals surface area contributed by atoms with Gasteiger partial charge in [0, 0.05) is 29.7 Å². The third-order valence-electron chi connectivity index (χ3n) is 4.56. The van der Waals surface area contributed by atoms with E-state index in [1.807, 2.05) is 30.3 Å². The Hall–Kier alpha value is -2.30. The van der Waals surface area contributed by atoms with Gasteiger partial charge in [0.05, 0.1) is 22.1 Å². The monoisotopic (exact) mass is 440 g/mol. The first-order valence-corrected chi connectivity index (χ1v) is 10.8. The minimum Gasteiger partial charge on any atom is -0.550 e. The van der Waals surface area contributed by atoms with Gasteiger partial charge in [0.15, 0.2) is 0 Å². The van der Waals surface area contributed by atoms with Crippen molar-refractivity contribution in [3.63, 3.8) is 0 Å². The molecule has 2 unspecified atom stereocenters. The van der Waals surface area contributed by atoms with Crippen molar-refractivity contribution in [2.45, 2.75) is 61.3 Å². The van der Waals surface area contributed by atoms with Gasteiger partial charge in [-0.2, -0.15) is 0 Å². The van der Waals surface area contributed by atoms with Gasteiger partial charge in [-0.05, 0) is 44.5 Å². The number of carbonyl (C=O) groups excluding carboxylic acids is 3. The van der Waals surface area contributed by atoms with Gasteiger partial charge in [0.1, 0.15) is 5.60 Å². The van der Waals surface area contributed by atoms with Crippen molar-refractivity contribution < 1.29 is 39.0 Å². The summed E-state index contributed by atoms with van der Waals surface area (Å²) < 4.78 is 12.6. The van der Waals surface area contributed by atoms with Crippen LogP contribution in [0.5, 0.6) is 0 Å². The van der Waals surface area contributed by atoms with Crippen LogP contribution in [0, 0.1) is 0 Å². The first-order valence-electron chi connectivity index (χ1n) is 9.64. The second kappa shape index (κ2) is 12.4. The molecule has 0 spiro atoms. The normalized spacial score (nSPS) is 16.2. The number of rotatable bonds is 10. The zero-order chi connectivity index (χ0) is 22.7. The van der Waals surface area contributed by atoms with E-state index in [1.54, 1.807) is 0 Å². The van der Waals surface area contributed by atoms with Crippen LogP contribution in [0.4, 0.5) is 0 Å². The van der Waals surface area contributed by atoms with Gasteiger partial charge in [-0.1, -0.05) is 31.5 Å². The average Bonchev–Trinajstić information content (AvgIpc) is 3.20. The summed E-state index contributed by atoms with van der Waals surface area (Å²) in [6, 6.07) is 9.88. The SMILES string of the molecule is CCCC(N1CCCC1)S(=O)c1ccccc1.O=C([O-])CC(O)(CC(=O)[O-])C(=O)[O-]. The Kier molecular flexibility index (Phi) is 10.6. The lowest BCUT2D eigenvalue weighted by Crippen LogP contribution is -2.54. The first kappa shape index (κ1) is 25.7. The lowest BCUT2D eigenvalue weighted by Gasteiger charge is -2.29. The van der Waals surface area contributed by atoms with Crippen molar-refractivity contribution >= 4 is 28.7 Å². The van der Waals surface area contributed by atoms with Crippen LogP contribution < -0.4 is 15.3 Å². The first-order chi connectivity index (χ1) is 14.1. The van der Waals surface area contributed by atoms with Gasteiger partial charge >= 0.3 is 0 Å². The maximum absolute atomic E-state index is 12.6. The van der Waals surface area contributed by atoms with E-state index in [9.17, 15) is 33.9 Å². The summed E-state index contributed by atoms with van der Waals surface area (Å²) in [5, 5.41) is 39.1. The fourth-order valence-corrected chi connectivity index (χ4v) is 4.77. The van der Waals surface area contributed by atoms with Crippen LogP contribution in [0.3, 0.4) is 0 Å². The maximum Gasteiger partial charge on any atom is 0.114 e. The number of aliphatic carboxylic acids is 3. The number of carboxylic acid groups (broad SMARTS) is 3. The Morgan fingerprint density at radius 3 is 1.97 bits per heavy atom. The van der Waals surface area contributed by atoms with Crippen molar-refractivity contribution in [1.82, 2.24) is 4.90 Å². The number of carbonyl (C=O) groups is 3. The van der Waals surface area contributed by atoms with Crippen molar-refractivity contribution in [2.75, 3.05) is 13.1 Å². The minimum absolute atomic E-state index is 0.213. The highest BCUT2D eigenvalue weighted by atomic mass is 32.2. The number of aliphatic hydroxyl groups is 1. The molecule has 0 saturated carbocycles. The summed E-state index contributed by atoms with van der Waals surface area (Å²) in [5.41, 5.74) is -2.97. The molecule has 0 bridgehead atoms. The number of nitrogens with zero attached hydrogens (tertiary/aromatic N) is 1. The molecule has 1 aromatic carbocycles. The van der Waals surface area contributed by atoms with E-state index in [2.05, 4.69) is 11.8 Å². The van der Waals surface area contributed by atoms with Crippen LogP contribution in [0.25, 0.3) is 0 Å². The van der Waals surface area contributed by atoms with E-state index < -0.39 is 47.2 Å². The summed E-state index contributed by atoms with van der Waals surface area (Å²) in [7, 11) is -0.885. The van der Waals surface area contributed by atoms with Crippen molar-refractivity contribution in [2.24, 2.45) is 0 Å². The second-order valence-electron chi connectivity index (χ2n) is 7.01. The van der Waals surface area contributed by atoms with Crippen LogP contribution >= 0.6 is 0 Å². The van der Waals surface area contributed by atoms with E-state index in [0.717, 1.165) is 30.8 Å². The Bertz CT molecular complexity index is 718. The molecule has 10 heteroatoms. The molecule has 1 saturated heterocycles. The standard InChI is InChI=1S/C14H21NOS.C6H8O7/c1-2-8-14(15-11-6-7-12-15)17(16)13-9-4-3-5-10-13;7-3(8)1-6(13,5(11)12)2-4(9)10/h3-5,9-10,14H,2,6-8,11-12H2,1H3;13H,1-2H2,(H,7,8)(H,9,10)(H,11,12)/p-3. The van der Waals surface area contributed by atoms with E-state index in [-0.39, 0.29) is 5.37 Å². The molecule has 0 aliphatic carbocycles. The lowest BCUT2D eigenvalue weighted by atomic mass is 9.96. The van der Waals surface area contributed by atoms with E-state index >= 15 is 0 Å². The maximum atomic E-state index is 12.6. The smallest absolute Gasteiger partial charge is 0.114 e. The summed E-state index contributed by atoms with van der Waals surface area (Å²) in [4.78, 5) is 33.4. The molecule has 30 heavy (non-hydrogen) atoms. The Labute approximate surface area is 177 Å². The van der Waals surface area contributed by atoms with Crippen LogP contribution in [0.2, 0.25) is 0 Å². The molecule has 1 aromatic rings. The number of carboxylic acids is 3. The van der Waals surface area contributed by atoms with Crippen LogP contribution in [0.1, 0.15) is 45.4 Å². The fraction of sp³-hybridized carbons (Fsp3) is 0.550. The molecule has 0 amide bonds. The van der Waals surface area contributed by atoms with Gasteiger partial charge in [-0.25, -0.2) is 0 Å². The fourth-order valence-electron chi connectivity index (χ4n) is 3.10. The predicted molar refractivity (Wildman–Crippen MR) is 102 cm³/mol. The van der Waals surface area contributed by atoms with E-state index in [0.29, 0.717) is 0 Å². The van der Waals surface area contributed by atoms with Crippen LogP contribution in [-0.4, -0.2) is 56.2 Å². The lowest BCUT2D eigenvalue weighted by molar-refractivity contribution is -0.339. The van der Waals surface area contributed by atoms with Crippen LogP contribution in [0.15, 0.2) is 35.2 Å². The quantitative estimate of drug-likeness (QED) is 0.424. The molecule has 1 aliphatic heterocycles. The Morgan fingerprint density at radius 2 is 1.57 bits per heavy atom. The zero-order valence-electron chi connectivity index (χ0n) is 16.8. The summed E-state index contributed by atoms with van der Waals surface area (Å²) >= 11 is 0. The summed E-state index contributed by atoms with van der Waals surface area (Å²) in [6.07, 6.45) is 1.92. The van der Waals surface area contributed by atoms with Gasteiger partial charge in [0.2, 0.25) is 0 Å². The Morgan fingerprint density at radius 1 is 1.07 bits per heavy atom. The Balaban J connectivity index is 0.000000314. The number of benzene rings is 1. The van der Waals surface area contributed by atoms with Gasteiger partial charge in [-0.3, -0.25) is 9.11 Å². The molecular weight excluding hydrogens is 414 g/mol. The molecule has 2 rings (SSSR count). The molecule has 1 heterocycles. The highest BCUT2D eigenvalue weighted by Crippen LogP contribution is 2.22. The van der Waals surface area contributed by atoms with Gasteiger partial charge in [-0.15, -0.1) is 0 Å². The third-order valence-corrected chi connectivity index (χ3v) is 6.32. The van der Waals surface area contributed by atoms with Gasteiger partial charge < -0.3 is 34.8 Å². The topological polar surface area (TPSA) is 161 Å². The highest BCUT2D eigenvalue weighted by molar-refractivity contribution is 7.85. The summed E-state index contributed by atoms with van der Waals surface area (Å²) in [5.74, 6) is -5.98. The van der Waals surface area contributed by atoms with Crippen LogP contribution in [-0.2, 0) is 25.2 Å². The molecule has 9 nitrogen and oxygen atoms in total. The molecule has 1 aliphatic rings. The third kappa shape index (κ3) is 8.21. The average molecular weight is 440 g/mol. The number of hydrogen-bond donors (Lipinski definition) is 1. The summed E-state index contributed by atoms with van der Waals surface area (Å²) in [6.45, 7) is 4.40. The van der Waals surface area contributed by atoms with Crippen molar-refractivity contribution in [1.29, 1.82) is 0 Å². The second-order valence-corrected chi connectivity index (χ2v) is 8.62. The molecular formula is C20H26NO8S-3. The van der Waals surface area contributed by atoms with Gasteiger partial charge in [0.25, 0.3) is 0 Å². The zero-order valence-corrected chi connectivity index (χ0v) is 17.6. The molecule has 0 radical (unpaired) electrons. The highest BCUT2D eigenvalue weighted by Gasteiger charge is 2.29. The minimum atomic E-state index is -2.97. The molecule has 0 aromatic heterocycles. The molecule has 168 valence electrons. The predicted octanol–water partition coefficient (Wildman–Crippen LogP) is -2.24. The molecule has 1 fully saturated rings. The number of hydrogen-bond acceptors (Lipinski definition) is 9. The van der Waals surface area contributed by atoms with E-state index in [1.165, 1.54) is 12.8 Å². The molecule has 2 atom stereocenters. The molecule has 1 N–H and O–H groups in total. The number of likely N-dealkylation sites (tertiary alicyclic amines) is 1. The van der Waals surface area contributed by atoms with Crippen molar-refractivity contribution in [3.8, 4) is 0 Å². The van der Waals surface area contributed by atoms with Crippen molar-refractivity contribution in [3.05, 3.63) is 30.3 Å². The van der Waals surface area contributed by atoms with E-state index in [4.69, 9.17) is 5.11 Å². The largest absolute Gasteiger partial charge is 0.550 e.